The Balaban J connectivity index is 1.91. The molecule has 1 amide bonds. The summed E-state index contributed by atoms with van der Waals surface area (Å²) in [5.74, 6) is 1.03. The van der Waals surface area contributed by atoms with Crippen molar-refractivity contribution in [2.45, 2.75) is 53.1 Å². The highest BCUT2D eigenvalue weighted by Crippen LogP contribution is 2.46. The van der Waals surface area contributed by atoms with Gasteiger partial charge in [0.2, 0.25) is 5.91 Å². The smallest absolute Gasteiger partial charge is 0.224 e. The molecule has 5 nitrogen and oxygen atoms in total. The van der Waals surface area contributed by atoms with Crippen molar-refractivity contribution in [3.05, 3.63) is 35.9 Å². The van der Waals surface area contributed by atoms with Crippen molar-refractivity contribution >= 4 is 11.9 Å². The van der Waals surface area contributed by atoms with Crippen molar-refractivity contribution < 1.29 is 4.79 Å². The molecule has 0 radical (unpaired) electrons. The van der Waals surface area contributed by atoms with Gasteiger partial charge in [0.25, 0.3) is 0 Å². The number of hydrogen-bond donors (Lipinski definition) is 1. The minimum Gasteiger partial charge on any atom is -0.356 e. The Morgan fingerprint density at radius 3 is 2.42 bits per heavy atom. The molecule has 1 aromatic rings. The monoisotopic (exact) mass is 358 g/mol. The second-order valence-electron chi connectivity index (χ2n) is 8.25. The molecule has 1 saturated heterocycles. The van der Waals surface area contributed by atoms with Crippen LogP contribution in [0.25, 0.3) is 0 Å². The van der Waals surface area contributed by atoms with Crippen LogP contribution in [0.2, 0.25) is 0 Å². The van der Waals surface area contributed by atoms with E-state index in [1.165, 1.54) is 0 Å². The number of likely N-dealkylation sites (tertiary alicyclic amines) is 1. The van der Waals surface area contributed by atoms with E-state index in [2.05, 4.69) is 44.8 Å². The van der Waals surface area contributed by atoms with Crippen LogP contribution in [0.4, 0.5) is 0 Å². The molecule has 1 heterocycles. The maximum Gasteiger partial charge on any atom is 0.224 e. The lowest BCUT2D eigenvalue weighted by Crippen LogP contribution is -2.72. The van der Waals surface area contributed by atoms with Crippen molar-refractivity contribution in [1.82, 2.24) is 15.1 Å². The minimum absolute atomic E-state index is 0.0577. The van der Waals surface area contributed by atoms with E-state index in [4.69, 9.17) is 4.99 Å². The fourth-order valence-electron chi connectivity index (χ4n) is 3.19. The number of nitrogens with zero attached hydrogens (tertiary/aromatic N) is 3. The topological polar surface area (TPSA) is 47.9 Å². The highest BCUT2D eigenvalue weighted by Gasteiger charge is 2.53. The van der Waals surface area contributed by atoms with Gasteiger partial charge >= 0.3 is 0 Å². The first-order chi connectivity index (χ1) is 12.2. The molecule has 0 aliphatic carbocycles. The molecule has 1 N–H and O–H groups in total. The Hall–Kier alpha value is -2.04. The van der Waals surface area contributed by atoms with Crippen molar-refractivity contribution in [3.8, 4) is 0 Å². The third-order valence-electron chi connectivity index (χ3n) is 5.75. The second-order valence-corrected chi connectivity index (χ2v) is 8.25. The highest BCUT2D eigenvalue weighted by atomic mass is 16.2. The molecule has 0 spiro atoms. The summed E-state index contributed by atoms with van der Waals surface area (Å²) in [5, 5.41) is 3.37. The summed E-state index contributed by atoms with van der Waals surface area (Å²) in [7, 11) is 1.85. The predicted molar refractivity (Wildman–Crippen MR) is 108 cm³/mol. The Morgan fingerprint density at radius 2 is 1.88 bits per heavy atom. The van der Waals surface area contributed by atoms with E-state index in [1.807, 2.05) is 37.4 Å². The molecule has 2 rings (SSSR count). The summed E-state index contributed by atoms with van der Waals surface area (Å²) >= 11 is 0. The molecule has 1 aliphatic rings. The zero-order chi connectivity index (χ0) is 19.4. The molecular formula is C21H34N4O. The van der Waals surface area contributed by atoms with Gasteiger partial charge in [-0.1, -0.05) is 44.2 Å². The molecule has 144 valence electrons. The van der Waals surface area contributed by atoms with Crippen LogP contribution in [0.1, 0.15) is 46.6 Å². The summed E-state index contributed by atoms with van der Waals surface area (Å²) in [6.45, 7) is 14.1. The molecule has 0 atom stereocenters. The largest absolute Gasteiger partial charge is 0.356 e. The molecule has 0 bridgehead atoms. The second kappa shape index (κ2) is 8.11. The zero-order valence-corrected chi connectivity index (χ0v) is 17.2. The summed E-state index contributed by atoms with van der Waals surface area (Å²) in [6.07, 6.45) is 0.426. The van der Waals surface area contributed by atoms with Crippen LogP contribution in [0.15, 0.2) is 35.3 Å². The maximum atomic E-state index is 12.4. The number of benzene rings is 1. The number of rotatable bonds is 6. The fourth-order valence-corrected chi connectivity index (χ4v) is 3.19. The Morgan fingerprint density at radius 1 is 1.23 bits per heavy atom. The zero-order valence-electron chi connectivity index (χ0n) is 17.2. The van der Waals surface area contributed by atoms with Crippen LogP contribution < -0.4 is 5.32 Å². The molecule has 0 aromatic heterocycles. The number of amides is 1. The van der Waals surface area contributed by atoms with Crippen LogP contribution in [0.5, 0.6) is 0 Å². The number of carbonyl (C=O) groups is 1. The Kier molecular flexibility index (Phi) is 6.32. The molecule has 0 saturated carbocycles. The standard InChI is InChI=1S/C21H34N4O/c1-7-22-19(25-16-20(2,3)21(25,4)5)23-14-13-18(26)24(6)15-17-11-9-8-10-12-17/h8-12H,7,13-16H2,1-6H3,(H,22,23). The van der Waals surface area contributed by atoms with E-state index in [0.717, 1.165) is 24.6 Å². The fraction of sp³-hybridized carbons (Fsp3) is 0.619. The van der Waals surface area contributed by atoms with Gasteiger partial charge in [-0.05, 0) is 26.3 Å². The van der Waals surface area contributed by atoms with Crippen LogP contribution in [-0.4, -0.2) is 53.9 Å². The quantitative estimate of drug-likeness (QED) is 0.628. The normalized spacial score (nSPS) is 18.2. The van der Waals surface area contributed by atoms with Crippen molar-refractivity contribution in [2.75, 3.05) is 26.7 Å². The molecule has 1 aromatic carbocycles. The summed E-state index contributed by atoms with van der Waals surface area (Å²) in [5.41, 5.74) is 1.46. The SMILES string of the molecule is CCNC(=NCCC(=O)N(C)Cc1ccccc1)N1CC(C)(C)C1(C)C. The van der Waals surface area contributed by atoms with E-state index < -0.39 is 0 Å². The number of hydrogen-bond acceptors (Lipinski definition) is 2. The lowest BCUT2D eigenvalue weighted by molar-refractivity contribution is -0.130. The lowest BCUT2D eigenvalue weighted by atomic mass is 9.65. The van der Waals surface area contributed by atoms with Crippen LogP contribution >= 0.6 is 0 Å². The van der Waals surface area contributed by atoms with Gasteiger partial charge in [0.1, 0.15) is 0 Å². The molecule has 1 fully saturated rings. The van der Waals surface area contributed by atoms with Crippen molar-refractivity contribution in [2.24, 2.45) is 10.4 Å². The Bertz CT molecular complexity index is 637. The summed E-state index contributed by atoms with van der Waals surface area (Å²) in [6, 6.07) is 10.1. The van der Waals surface area contributed by atoms with E-state index in [0.29, 0.717) is 19.5 Å². The van der Waals surface area contributed by atoms with E-state index in [-0.39, 0.29) is 16.9 Å². The van der Waals surface area contributed by atoms with E-state index in [9.17, 15) is 4.79 Å². The van der Waals surface area contributed by atoms with Gasteiger partial charge < -0.3 is 15.1 Å². The van der Waals surface area contributed by atoms with Gasteiger partial charge in [-0.3, -0.25) is 9.79 Å². The molecule has 0 unspecified atom stereocenters. The first-order valence-electron chi connectivity index (χ1n) is 9.53. The average Bonchev–Trinajstić information content (AvgIpc) is 2.59. The molecule has 5 heteroatoms. The van der Waals surface area contributed by atoms with Crippen molar-refractivity contribution in [3.63, 3.8) is 0 Å². The molecular weight excluding hydrogens is 324 g/mol. The summed E-state index contributed by atoms with van der Waals surface area (Å²) < 4.78 is 0. The van der Waals surface area contributed by atoms with Crippen LogP contribution in [0, 0.1) is 5.41 Å². The van der Waals surface area contributed by atoms with E-state index in [1.54, 1.807) is 4.90 Å². The highest BCUT2D eigenvalue weighted by molar-refractivity contribution is 5.82. The first-order valence-corrected chi connectivity index (χ1v) is 9.53. The van der Waals surface area contributed by atoms with Crippen LogP contribution in [-0.2, 0) is 11.3 Å². The van der Waals surface area contributed by atoms with Gasteiger partial charge in [-0.15, -0.1) is 0 Å². The van der Waals surface area contributed by atoms with Crippen molar-refractivity contribution in [1.29, 1.82) is 0 Å². The van der Waals surface area contributed by atoms with Crippen LogP contribution in [0.3, 0.4) is 0 Å². The molecule has 26 heavy (non-hydrogen) atoms. The van der Waals surface area contributed by atoms with Gasteiger partial charge in [-0.2, -0.15) is 0 Å². The number of aliphatic imine (C=N–C) groups is 1. The predicted octanol–water partition coefficient (Wildman–Crippen LogP) is 3.12. The Labute approximate surface area is 158 Å². The summed E-state index contributed by atoms with van der Waals surface area (Å²) in [4.78, 5) is 21.2. The van der Waals surface area contributed by atoms with Gasteiger partial charge in [0.15, 0.2) is 5.96 Å². The number of nitrogens with one attached hydrogen (secondary N) is 1. The van der Waals surface area contributed by atoms with Gasteiger partial charge in [0.05, 0.1) is 6.54 Å². The maximum absolute atomic E-state index is 12.4. The van der Waals surface area contributed by atoms with Gasteiger partial charge in [0, 0.05) is 44.1 Å². The lowest BCUT2D eigenvalue weighted by Gasteiger charge is -2.62. The molecule has 1 aliphatic heterocycles. The third-order valence-corrected chi connectivity index (χ3v) is 5.75. The average molecular weight is 359 g/mol. The minimum atomic E-state index is 0.0577. The number of guanidine groups is 1. The number of carbonyl (C=O) groups excluding carboxylic acids is 1. The third kappa shape index (κ3) is 4.37. The van der Waals surface area contributed by atoms with E-state index >= 15 is 0 Å². The first kappa shape index (κ1) is 20.3. The van der Waals surface area contributed by atoms with Gasteiger partial charge in [-0.25, -0.2) is 0 Å².